The van der Waals surface area contributed by atoms with Crippen molar-refractivity contribution in [3.8, 4) is 0 Å². The van der Waals surface area contributed by atoms with Crippen LogP contribution in [0.1, 0.15) is 63.9 Å². The summed E-state index contributed by atoms with van der Waals surface area (Å²) in [5.74, 6) is 0.926. The Bertz CT molecular complexity index is 885. The molecule has 0 aromatic heterocycles. The largest absolute Gasteiger partial charge is 0.352 e. The number of rotatable bonds is 12. The van der Waals surface area contributed by atoms with Gasteiger partial charge in [0.15, 0.2) is 0 Å². The van der Waals surface area contributed by atoms with Crippen LogP contribution in [0.4, 0.5) is 0 Å². The van der Waals surface area contributed by atoms with E-state index in [1.54, 1.807) is 11.8 Å². The molecule has 1 aliphatic carbocycles. The Hall–Kier alpha value is -1.98. The van der Waals surface area contributed by atoms with Crippen molar-refractivity contribution in [2.45, 2.75) is 81.7 Å². The summed E-state index contributed by atoms with van der Waals surface area (Å²) < 4.78 is 0. The van der Waals surface area contributed by atoms with Gasteiger partial charge < -0.3 is 10.2 Å². The quantitative estimate of drug-likeness (QED) is 0.267. The van der Waals surface area contributed by atoms with Crippen molar-refractivity contribution in [3.05, 3.63) is 65.2 Å². The van der Waals surface area contributed by atoms with Crippen molar-refractivity contribution in [3.63, 3.8) is 0 Å². The predicted molar refractivity (Wildman–Crippen MR) is 142 cm³/mol. The molecule has 34 heavy (non-hydrogen) atoms. The van der Waals surface area contributed by atoms with Gasteiger partial charge in [0.05, 0.1) is 0 Å². The Morgan fingerprint density at radius 1 is 1.06 bits per heavy atom. The first-order valence-corrected chi connectivity index (χ1v) is 13.9. The number of halogens is 1. The Morgan fingerprint density at radius 3 is 2.44 bits per heavy atom. The zero-order valence-corrected chi connectivity index (χ0v) is 21.8. The van der Waals surface area contributed by atoms with Crippen LogP contribution >= 0.6 is 23.4 Å². The molecule has 0 spiro atoms. The first kappa shape index (κ1) is 26.6. The second-order valence-corrected chi connectivity index (χ2v) is 10.6. The van der Waals surface area contributed by atoms with Crippen LogP contribution in [0, 0.1) is 0 Å². The van der Waals surface area contributed by atoms with Gasteiger partial charge in [-0.15, -0.1) is 11.8 Å². The summed E-state index contributed by atoms with van der Waals surface area (Å²) in [6.07, 6.45) is 8.27. The maximum Gasteiger partial charge on any atom is 0.243 e. The van der Waals surface area contributed by atoms with E-state index in [-0.39, 0.29) is 17.9 Å². The van der Waals surface area contributed by atoms with Crippen LogP contribution in [0.2, 0.25) is 5.02 Å². The lowest BCUT2D eigenvalue weighted by Crippen LogP contribution is -2.52. The summed E-state index contributed by atoms with van der Waals surface area (Å²) in [6.45, 7) is 2.56. The molecule has 0 aliphatic heterocycles. The van der Waals surface area contributed by atoms with E-state index in [1.165, 1.54) is 24.8 Å². The van der Waals surface area contributed by atoms with Crippen molar-refractivity contribution in [2.75, 3.05) is 12.3 Å². The summed E-state index contributed by atoms with van der Waals surface area (Å²) in [6, 6.07) is 17.8. The minimum absolute atomic E-state index is 0.00588. The number of hydrogen-bond donors (Lipinski definition) is 1. The average Bonchev–Trinajstić information content (AvgIpc) is 2.86. The number of thioether (sulfide) groups is 1. The van der Waals surface area contributed by atoms with Gasteiger partial charge in [-0.25, -0.2) is 0 Å². The van der Waals surface area contributed by atoms with E-state index in [0.29, 0.717) is 19.4 Å². The molecule has 2 aromatic carbocycles. The molecule has 0 radical (unpaired) electrons. The van der Waals surface area contributed by atoms with E-state index in [0.717, 1.165) is 41.4 Å². The highest BCUT2D eigenvalue weighted by Gasteiger charge is 2.29. The third-order valence-corrected chi connectivity index (χ3v) is 7.79. The van der Waals surface area contributed by atoms with Gasteiger partial charge in [0.25, 0.3) is 0 Å². The van der Waals surface area contributed by atoms with Crippen LogP contribution in [-0.2, 0) is 16.0 Å². The molecule has 1 atom stereocenters. The van der Waals surface area contributed by atoms with E-state index in [2.05, 4.69) is 17.4 Å². The summed E-state index contributed by atoms with van der Waals surface area (Å²) in [7, 11) is 0. The fourth-order valence-electron chi connectivity index (χ4n) is 4.53. The minimum Gasteiger partial charge on any atom is -0.352 e. The highest BCUT2D eigenvalue weighted by molar-refractivity contribution is 7.99. The van der Waals surface area contributed by atoms with Gasteiger partial charge >= 0.3 is 0 Å². The maximum atomic E-state index is 13.3. The highest BCUT2D eigenvalue weighted by atomic mass is 35.5. The topological polar surface area (TPSA) is 49.4 Å². The van der Waals surface area contributed by atoms with Crippen molar-refractivity contribution in [2.24, 2.45) is 0 Å². The Morgan fingerprint density at radius 2 is 1.76 bits per heavy atom. The molecule has 1 aliphatic rings. The van der Waals surface area contributed by atoms with E-state index in [1.807, 2.05) is 54.3 Å². The standard InChI is InChI=1S/C28H37ClN2O2S/c1-2-26(28(33)30-24-12-7-4-8-13-24)31(20-19-22-10-5-3-6-11-22)27(32)14-9-21-34-25-17-15-23(29)16-18-25/h3,5-6,10-11,15-18,24,26H,2,4,7-9,12-14,19-21H2,1H3,(H,30,33)/t26-/m1/s1. The zero-order chi connectivity index (χ0) is 24.2. The van der Waals surface area contributed by atoms with Crippen LogP contribution in [0.25, 0.3) is 0 Å². The first-order chi connectivity index (χ1) is 16.6. The molecule has 1 fully saturated rings. The van der Waals surface area contributed by atoms with Crippen molar-refractivity contribution in [1.29, 1.82) is 0 Å². The summed E-state index contributed by atoms with van der Waals surface area (Å²) in [5.41, 5.74) is 1.18. The normalized spacial score (nSPS) is 15.0. The molecule has 0 heterocycles. The van der Waals surface area contributed by atoms with Gasteiger partial charge in [-0.2, -0.15) is 0 Å². The molecule has 0 unspecified atom stereocenters. The maximum absolute atomic E-state index is 13.3. The molecule has 0 saturated heterocycles. The van der Waals surface area contributed by atoms with E-state index in [4.69, 9.17) is 11.6 Å². The average molecular weight is 501 g/mol. The zero-order valence-electron chi connectivity index (χ0n) is 20.2. The molecule has 2 amide bonds. The third-order valence-electron chi connectivity index (χ3n) is 6.44. The number of carbonyl (C=O) groups excluding carboxylic acids is 2. The third kappa shape index (κ3) is 8.66. The lowest BCUT2D eigenvalue weighted by Gasteiger charge is -2.33. The van der Waals surface area contributed by atoms with Gasteiger partial charge in [-0.05, 0) is 67.7 Å². The van der Waals surface area contributed by atoms with Crippen molar-refractivity contribution in [1.82, 2.24) is 10.2 Å². The highest BCUT2D eigenvalue weighted by Crippen LogP contribution is 2.22. The SMILES string of the molecule is CC[C@H](C(=O)NC1CCCCC1)N(CCc1ccccc1)C(=O)CCCSc1ccc(Cl)cc1. The number of nitrogens with one attached hydrogen (secondary N) is 1. The lowest BCUT2D eigenvalue weighted by molar-refractivity contribution is -0.141. The van der Waals surface area contributed by atoms with E-state index in [9.17, 15) is 9.59 Å². The van der Waals surface area contributed by atoms with Gasteiger partial charge in [0, 0.05) is 28.9 Å². The number of benzene rings is 2. The van der Waals surface area contributed by atoms with Crippen LogP contribution < -0.4 is 5.32 Å². The molecule has 6 heteroatoms. The van der Waals surface area contributed by atoms with Gasteiger partial charge in [-0.3, -0.25) is 9.59 Å². The Labute approximate surface area is 213 Å². The molecule has 184 valence electrons. The second kappa shape index (κ2) is 14.4. The summed E-state index contributed by atoms with van der Waals surface area (Å²) in [4.78, 5) is 29.5. The van der Waals surface area contributed by atoms with E-state index >= 15 is 0 Å². The molecule has 2 aromatic rings. The molecule has 3 rings (SSSR count). The number of amides is 2. The lowest BCUT2D eigenvalue weighted by atomic mass is 9.95. The molecule has 4 nitrogen and oxygen atoms in total. The molecular weight excluding hydrogens is 464 g/mol. The fourth-order valence-corrected chi connectivity index (χ4v) is 5.51. The van der Waals surface area contributed by atoms with Gasteiger partial charge in [-0.1, -0.05) is 68.1 Å². The summed E-state index contributed by atoms with van der Waals surface area (Å²) >= 11 is 7.69. The van der Waals surface area contributed by atoms with Gasteiger partial charge in [0.1, 0.15) is 6.04 Å². The smallest absolute Gasteiger partial charge is 0.243 e. The van der Waals surface area contributed by atoms with Crippen LogP contribution in [-0.4, -0.2) is 41.1 Å². The van der Waals surface area contributed by atoms with Crippen molar-refractivity contribution < 1.29 is 9.59 Å². The first-order valence-electron chi connectivity index (χ1n) is 12.6. The second-order valence-electron chi connectivity index (χ2n) is 9.00. The molecular formula is C28H37ClN2O2S. The summed E-state index contributed by atoms with van der Waals surface area (Å²) in [5, 5.41) is 3.98. The van der Waals surface area contributed by atoms with E-state index < -0.39 is 6.04 Å². The molecule has 0 bridgehead atoms. The molecule has 1 N–H and O–H groups in total. The number of nitrogens with zero attached hydrogens (tertiary/aromatic N) is 1. The fraction of sp³-hybridized carbons (Fsp3) is 0.500. The van der Waals surface area contributed by atoms with Crippen LogP contribution in [0.3, 0.4) is 0 Å². The van der Waals surface area contributed by atoms with Crippen LogP contribution in [0.5, 0.6) is 0 Å². The minimum atomic E-state index is -0.415. The predicted octanol–water partition coefficient (Wildman–Crippen LogP) is 6.51. The Kier molecular flexibility index (Phi) is 11.3. The van der Waals surface area contributed by atoms with Crippen LogP contribution in [0.15, 0.2) is 59.5 Å². The monoisotopic (exact) mass is 500 g/mol. The van der Waals surface area contributed by atoms with Crippen molar-refractivity contribution >= 4 is 35.2 Å². The number of carbonyl (C=O) groups is 2. The number of hydrogen-bond acceptors (Lipinski definition) is 3. The Balaban J connectivity index is 1.59. The molecule has 1 saturated carbocycles. The van der Waals surface area contributed by atoms with Gasteiger partial charge in [0.2, 0.25) is 11.8 Å².